The van der Waals surface area contributed by atoms with Gasteiger partial charge in [0.25, 0.3) is 0 Å². The van der Waals surface area contributed by atoms with E-state index in [0.717, 1.165) is 39.7 Å². The molecule has 1 atom stereocenters. The van der Waals surface area contributed by atoms with Gasteiger partial charge < -0.3 is 19.5 Å². The Kier molecular flexibility index (Phi) is 6.18. The molecular weight excluding hydrogens is 408 g/mol. The smallest absolute Gasteiger partial charge is 0.227 e. The fourth-order valence-corrected chi connectivity index (χ4v) is 3.91. The van der Waals surface area contributed by atoms with Gasteiger partial charge >= 0.3 is 0 Å². The maximum absolute atomic E-state index is 12.9. The number of carbonyl (C=O) groups is 1. The maximum atomic E-state index is 12.9. The average molecular weight is 437 g/mol. The molecule has 0 aliphatic carbocycles. The van der Waals surface area contributed by atoms with Crippen LogP contribution in [0, 0.1) is 34.6 Å². The number of hydrogen-bond acceptors (Lipinski definition) is 8. The van der Waals surface area contributed by atoms with Crippen molar-refractivity contribution in [2.45, 2.75) is 47.1 Å². The summed E-state index contributed by atoms with van der Waals surface area (Å²) in [6.45, 7) is 10.9. The van der Waals surface area contributed by atoms with Crippen molar-refractivity contribution in [3.8, 4) is 0 Å². The number of amides is 1. The maximum Gasteiger partial charge on any atom is 0.227 e. The van der Waals surface area contributed by atoms with Crippen molar-refractivity contribution in [1.29, 1.82) is 0 Å². The van der Waals surface area contributed by atoms with E-state index >= 15 is 0 Å². The predicted molar refractivity (Wildman–Crippen MR) is 119 cm³/mol. The molecular formula is C23H28N6O3. The van der Waals surface area contributed by atoms with Gasteiger partial charge in [-0.15, -0.1) is 0 Å². The summed E-state index contributed by atoms with van der Waals surface area (Å²) in [6, 6.07) is 5.80. The molecule has 1 amide bonds. The molecule has 0 aromatic carbocycles. The number of aromatic nitrogens is 4. The van der Waals surface area contributed by atoms with E-state index in [0.29, 0.717) is 31.4 Å². The minimum Gasteiger partial charge on any atom is -0.368 e. The summed E-state index contributed by atoms with van der Waals surface area (Å²) in [5.41, 5.74) is 5.85. The lowest BCUT2D eigenvalue weighted by atomic mass is 10.1. The summed E-state index contributed by atoms with van der Waals surface area (Å²) in [5, 5.41) is 7.21. The van der Waals surface area contributed by atoms with E-state index in [1.165, 1.54) is 0 Å². The standard InChI is InChI=1S/C23H28N6O3/c1-13-8-14(2)26-23(25-13)27-18-9-15(3)24-20(10-18)21-12-29(6-7-31-21)22(30)11-19-16(4)28-32-17(19)5/h8-10,21H,6-7,11-12H2,1-5H3,(H,24,25,26,27). The van der Waals surface area contributed by atoms with Gasteiger partial charge in [0.1, 0.15) is 11.9 Å². The molecule has 1 unspecified atom stereocenters. The predicted octanol–water partition coefficient (Wildman–Crippen LogP) is 3.29. The lowest BCUT2D eigenvalue weighted by Gasteiger charge is -2.33. The van der Waals surface area contributed by atoms with E-state index in [1.807, 2.05) is 57.7 Å². The summed E-state index contributed by atoms with van der Waals surface area (Å²) in [4.78, 5) is 28.3. The topological polar surface area (TPSA) is 106 Å². The van der Waals surface area contributed by atoms with Crippen molar-refractivity contribution in [2.24, 2.45) is 0 Å². The third-order valence-corrected chi connectivity index (χ3v) is 5.47. The second kappa shape index (κ2) is 9.04. The molecule has 1 fully saturated rings. The summed E-state index contributed by atoms with van der Waals surface area (Å²) in [6.07, 6.45) is -0.0376. The van der Waals surface area contributed by atoms with E-state index in [9.17, 15) is 4.79 Å². The lowest BCUT2D eigenvalue weighted by Crippen LogP contribution is -2.43. The normalized spacial score (nSPS) is 16.3. The van der Waals surface area contributed by atoms with Gasteiger partial charge in [0.05, 0.1) is 31.0 Å². The Balaban J connectivity index is 1.50. The number of rotatable bonds is 5. The van der Waals surface area contributed by atoms with E-state index in [2.05, 4.69) is 25.4 Å². The SMILES string of the molecule is Cc1cc(Nc2nc(C)cc(C)n2)cc(C2CN(C(=O)Cc3c(C)noc3C)CCO2)n1. The summed E-state index contributed by atoms with van der Waals surface area (Å²) < 4.78 is 11.2. The van der Waals surface area contributed by atoms with Crippen LogP contribution in [-0.4, -0.2) is 50.6 Å². The first kappa shape index (κ1) is 21.9. The first-order valence-electron chi connectivity index (χ1n) is 10.7. The Hall–Kier alpha value is -3.33. The molecule has 168 valence electrons. The molecule has 0 bridgehead atoms. The second-order valence-electron chi connectivity index (χ2n) is 8.20. The summed E-state index contributed by atoms with van der Waals surface area (Å²) in [7, 11) is 0. The van der Waals surface area contributed by atoms with Crippen molar-refractivity contribution in [1.82, 2.24) is 25.0 Å². The Morgan fingerprint density at radius 1 is 1.06 bits per heavy atom. The molecule has 4 heterocycles. The highest BCUT2D eigenvalue weighted by atomic mass is 16.5. The minimum absolute atomic E-state index is 0.0299. The summed E-state index contributed by atoms with van der Waals surface area (Å²) in [5.74, 6) is 1.26. The highest BCUT2D eigenvalue weighted by Crippen LogP contribution is 2.26. The first-order valence-corrected chi connectivity index (χ1v) is 10.7. The fourth-order valence-electron chi connectivity index (χ4n) is 3.91. The van der Waals surface area contributed by atoms with Crippen molar-refractivity contribution < 1.29 is 14.1 Å². The summed E-state index contributed by atoms with van der Waals surface area (Å²) >= 11 is 0. The van der Waals surface area contributed by atoms with Gasteiger partial charge in [-0.2, -0.15) is 0 Å². The molecule has 3 aromatic heterocycles. The number of morpholine rings is 1. The molecule has 4 rings (SSSR count). The van der Waals surface area contributed by atoms with E-state index in [4.69, 9.17) is 9.26 Å². The van der Waals surface area contributed by atoms with E-state index < -0.39 is 0 Å². The number of carbonyl (C=O) groups excluding carboxylic acids is 1. The van der Waals surface area contributed by atoms with Crippen LogP contribution in [0.5, 0.6) is 0 Å². The quantitative estimate of drug-likeness (QED) is 0.649. The Morgan fingerprint density at radius 3 is 2.47 bits per heavy atom. The molecule has 1 N–H and O–H groups in total. The highest BCUT2D eigenvalue weighted by molar-refractivity contribution is 5.79. The number of pyridine rings is 1. The molecule has 1 saturated heterocycles. The van der Waals surface area contributed by atoms with Crippen LogP contribution in [0.4, 0.5) is 11.6 Å². The third-order valence-electron chi connectivity index (χ3n) is 5.47. The van der Waals surface area contributed by atoms with Crippen molar-refractivity contribution in [3.63, 3.8) is 0 Å². The zero-order valence-corrected chi connectivity index (χ0v) is 19.1. The van der Waals surface area contributed by atoms with Crippen LogP contribution in [0.2, 0.25) is 0 Å². The molecule has 0 saturated carbocycles. The van der Waals surface area contributed by atoms with Crippen molar-refractivity contribution >= 4 is 17.5 Å². The van der Waals surface area contributed by atoms with Crippen LogP contribution >= 0.6 is 0 Å². The van der Waals surface area contributed by atoms with Crippen LogP contribution in [0.1, 0.15) is 45.9 Å². The van der Waals surface area contributed by atoms with E-state index in [-0.39, 0.29) is 18.4 Å². The van der Waals surface area contributed by atoms with Crippen LogP contribution in [0.15, 0.2) is 22.7 Å². The van der Waals surface area contributed by atoms with E-state index in [1.54, 1.807) is 0 Å². The third kappa shape index (κ3) is 4.94. The second-order valence-corrected chi connectivity index (χ2v) is 8.20. The van der Waals surface area contributed by atoms with Crippen molar-refractivity contribution in [2.75, 3.05) is 25.0 Å². The van der Waals surface area contributed by atoms with Crippen LogP contribution in [0.3, 0.4) is 0 Å². The van der Waals surface area contributed by atoms with Gasteiger partial charge in [-0.05, 0) is 52.8 Å². The van der Waals surface area contributed by atoms with Gasteiger partial charge in [-0.25, -0.2) is 9.97 Å². The largest absolute Gasteiger partial charge is 0.368 e. The molecule has 9 nitrogen and oxygen atoms in total. The molecule has 0 radical (unpaired) electrons. The Bertz CT molecular complexity index is 1100. The van der Waals surface area contributed by atoms with Crippen LogP contribution in [0.25, 0.3) is 0 Å². The molecule has 0 spiro atoms. The van der Waals surface area contributed by atoms with Gasteiger partial charge in [0.15, 0.2) is 0 Å². The number of nitrogens with zero attached hydrogens (tertiary/aromatic N) is 5. The number of hydrogen-bond donors (Lipinski definition) is 1. The van der Waals surface area contributed by atoms with Gasteiger partial charge in [0, 0.05) is 34.9 Å². The monoisotopic (exact) mass is 436 g/mol. The van der Waals surface area contributed by atoms with Gasteiger partial charge in [-0.1, -0.05) is 5.16 Å². The molecule has 32 heavy (non-hydrogen) atoms. The number of nitrogens with one attached hydrogen (secondary N) is 1. The molecule has 3 aromatic rings. The number of ether oxygens (including phenoxy) is 1. The zero-order valence-electron chi connectivity index (χ0n) is 19.1. The first-order chi connectivity index (χ1) is 15.3. The fraction of sp³-hybridized carbons (Fsp3) is 0.435. The van der Waals surface area contributed by atoms with Crippen LogP contribution in [-0.2, 0) is 16.0 Å². The number of anilines is 2. The minimum atomic E-state index is -0.307. The molecule has 1 aliphatic rings. The van der Waals surface area contributed by atoms with Gasteiger partial charge in [0.2, 0.25) is 11.9 Å². The lowest BCUT2D eigenvalue weighted by molar-refractivity contribution is -0.138. The molecule has 1 aliphatic heterocycles. The van der Waals surface area contributed by atoms with Crippen molar-refractivity contribution in [3.05, 3.63) is 58.0 Å². The zero-order chi connectivity index (χ0) is 22.8. The molecule has 9 heteroatoms. The Morgan fingerprint density at radius 2 is 1.78 bits per heavy atom. The van der Waals surface area contributed by atoms with Gasteiger partial charge in [-0.3, -0.25) is 9.78 Å². The Labute approximate surface area is 187 Å². The number of aryl methyl sites for hydroxylation is 5. The van der Waals surface area contributed by atoms with Crippen LogP contribution < -0.4 is 5.32 Å². The highest BCUT2D eigenvalue weighted by Gasteiger charge is 2.28. The average Bonchev–Trinajstić information content (AvgIpc) is 3.04.